The lowest BCUT2D eigenvalue weighted by Crippen LogP contribution is -2.27. The highest BCUT2D eigenvalue weighted by Gasteiger charge is 2.24. The molecule has 0 spiro atoms. The summed E-state index contributed by atoms with van der Waals surface area (Å²) in [5.41, 5.74) is 6.41. The first-order valence-corrected chi connectivity index (χ1v) is 5.32. The number of rotatable bonds is 1. The lowest BCUT2D eigenvalue weighted by molar-refractivity contribution is 0.319. The van der Waals surface area contributed by atoms with Gasteiger partial charge in [0, 0.05) is 16.1 Å². The van der Waals surface area contributed by atoms with Gasteiger partial charge in [0.2, 0.25) is 0 Å². The van der Waals surface area contributed by atoms with Crippen LogP contribution in [-0.2, 0) is 0 Å². The van der Waals surface area contributed by atoms with Crippen LogP contribution in [0.1, 0.15) is 32.4 Å². The SMILES string of the molecule is CC(C)(C)[C@H](N)c1ccc(Br)cc1F. The van der Waals surface area contributed by atoms with E-state index in [1.165, 1.54) is 6.07 Å². The van der Waals surface area contributed by atoms with E-state index >= 15 is 0 Å². The minimum absolute atomic E-state index is 0.130. The molecule has 0 heterocycles. The first kappa shape index (κ1) is 11.7. The third kappa shape index (κ3) is 2.55. The Morgan fingerprint density at radius 3 is 2.36 bits per heavy atom. The monoisotopic (exact) mass is 259 g/mol. The molecule has 2 N–H and O–H groups in total. The van der Waals surface area contributed by atoms with E-state index in [1.807, 2.05) is 26.8 Å². The van der Waals surface area contributed by atoms with Gasteiger partial charge < -0.3 is 5.73 Å². The van der Waals surface area contributed by atoms with Gasteiger partial charge in [-0.15, -0.1) is 0 Å². The molecule has 0 saturated carbocycles. The lowest BCUT2D eigenvalue weighted by Gasteiger charge is -2.27. The number of hydrogen-bond donors (Lipinski definition) is 1. The van der Waals surface area contributed by atoms with Gasteiger partial charge in [0.05, 0.1) is 0 Å². The Labute approximate surface area is 92.6 Å². The zero-order chi connectivity index (χ0) is 10.9. The molecule has 1 atom stereocenters. The molecule has 0 radical (unpaired) electrons. The van der Waals surface area contributed by atoms with Crippen molar-refractivity contribution in [1.29, 1.82) is 0 Å². The van der Waals surface area contributed by atoms with E-state index in [1.54, 1.807) is 6.07 Å². The molecule has 0 aliphatic carbocycles. The first-order valence-electron chi connectivity index (χ1n) is 4.53. The van der Waals surface area contributed by atoms with E-state index < -0.39 is 0 Å². The highest BCUT2D eigenvalue weighted by Crippen LogP contribution is 2.32. The Morgan fingerprint density at radius 2 is 1.93 bits per heavy atom. The van der Waals surface area contributed by atoms with Crippen molar-refractivity contribution in [2.75, 3.05) is 0 Å². The number of benzene rings is 1. The predicted molar refractivity (Wildman–Crippen MR) is 60.5 cm³/mol. The molecule has 0 unspecified atom stereocenters. The summed E-state index contributed by atoms with van der Waals surface area (Å²) in [7, 11) is 0. The molecule has 0 aliphatic rings. The summed E-state index contributed by atoms with van der Waals surface area (Å²) >= 11 is 3.22. The first-order chi connectivity index (χ1) is 6.32. The zero-order valence-corrected chi connectivity index (χ0v) is 10.2. The van der Waals surface area contributed by atoms with Crippen LogP contribution in [0.2, 0.25) is 0 Å². The number of nitrogens with two attached hydrogens (primary N) is 1. The van der Waals surface area contributed by atoms with E-state index in [2.05, 4.69) is 15.9 Å². The maximum absolute atomic E-state index is 13.5. The second-order valence-corrected chi connectivity index (χ2v) is 5.43. The Hall–Kier alpha value is -0.410. The third-order valence-corrected chi connectivity index (χ3v) is 2.72. The van der Waals surface area contributed by atoms with Crippen LogP contribution in [0.25, 0.3) is 0 Å². The highest BCUT2D eigenvalue weighted by atomic mass is 79.9. The van der Waals surface area contributed by atoms with Crippen molar-refractivity contribution in [3.05, 3.63) is 34.1 Å². The Kier molecular flexibility index (Phi) is 3.32. The van der Waals surface area contributed by atoms with Gasteiger partial charge in [-0.3, -0.25) is 0 Å². The van der Waals surface area contributed by atoms with Crippen molar-refractivity contribution in [1.82, 2.24) is 0 Å². The van der Waals surface area contributed by atoms with Gasteiger partial charge in [-0.25, -0.2) is 4.39 Å². The molecular formula is C11H15BrFN. The van der Waals surface area contributed by atoms with Crippen LogP contribution in [0, 0.1) is 11.2 Å². The Bertz CT molecular complexity index is 331. The van der Waals surface area contributed by atoms with Gasteiger partial charge in [-0.05, 0) is 17.5 Å². The molecule has 14 heavy (non-hydrogen) atoms. The zero-order valence-electron chi connectivity index (χ0n) is 8.64. The second kappa shape index (κ2) is 3.99. The average Bonchev–Trinajstić information content (AvgIpc) is 2.01. The standard InChI is InChI=1S/C11H15BrFN/c1-11(2,3)10(14)8-5-4-7(12)6-9(8)13/h4-6,10H,14H2,1-3H3/t10-/m1/s1. The quantitative estimate of drug-likeness (QED) is 0.819. The number of halogens is 2. The maximum Gasteiger partial charge on any atom is 0.129 e. The van der Waals surface area contributed by atoms with E-state index in [-0.39, 0.29) is 17.3 Å². The van der Waals surface area contributed by atoms with Gasteiger partial charge in [0.1, 0.15) is 5.82 Å². The van der Waals surface area contributed by atoms with Gasteiger partial charge in [-0.2, -0.15) is 0 Å². The molecule has 0 fully saturated rings. The van der Waals surface area contributed by atoms with Crippen molar-refractivity contribution in [3.63, 3.8) is 0 Å². The van der Waals surface area contributed by atoms with E-state index in [9.17, 15) is 4.39 Å². The lowest BCUT2D eigenvalue weighted by atomic mass is 9.83. The van der Waals surface area contributed by atoms with Crippen LogP contribution < -0.4 is 5.73 Å². The molecule has 1 aromatic carbocycles. The third-order valence-electron chi connectivity index (χ3n) is 2.23. The van der Waals surface area contributed by atoms with Crippen molar-refractivity contribution in [3.8, 4) is 0 Å². The molecule has 1 aromatic rings. The van der Waals surface area contributed by atoms with Gasteiger partial charge in [-0.1, -0.05) is 42.8 Å². The summed E-state index contributed by atoms with van der Waals surface area (Å²) in [6, 6.07) is 4.70. The van der Waals surface area contributed by atoms with E-state index in [0.717, 1.165) is 4.47 Å². The van der Waals surface area contributed by atoms with Crippen LogP contribution in [0.5, 0.6) is 0 Å². The Morgan fingerprint density at radius 1 is 1.36 bits per heavy atom. The van der Waals surface area contributed by atoms with Gasteiger partial charge in [0.25, 0.3) is 0 Å². The molecule has 0 aliphatic heterocycles. The fourth-order valence-electron chi connectivity index (χ4n) is 1.22. The molecule has 1 rings (SSSR count). The molecule has 0 bridgehead atoms. The fourth-order valence-corrected chi connectivity index (χ4v) is 1.55. The van der Waals surface area contributed by atoms with Gasteiger partial charge in [0.15, 0.2) is 0 Å². The van der Waals surface area contributed by atoms with Crippen LogP contribution in [0.3, 0.4) is 0 Å². The maximum atomic E-state index is 13.5. The van der Waals surface area contributed by atoms with Crippen LogP contribution in [0.15, 0.2) is 22.7 Å². The molecule has 1 nitrogen and oxygen atoms in total. The van der Waals surface area contributed by atoms with Crippen molar-refractivity contribution < 1.29 is 4.39 Å². The summed E-state index contributed by atoms with van der Waals surface area (Å²) in [5.74, 6) is -0.248. The normalized spacial score (nSPS) is 14.1. The smallest absolute Gasteiger partial charge is 0.129 e. The topological polar surface area (TPSA) is 26.0 Å². The predicted octanol–water partition coefficient (Wildman–Crippen LogP) is 3.63. The molecular weight excluding hydrogens is 245 g/mol. The summed E-state index contributed by atoms with van der Waals surface area (Å²) in [6.45, 7) is 6.00. The highest BCUT2D eigenvalue weighted by molar-refractivity contribution is 9.10. The minimum Gasteiger partial charge on any atom is -0.323 e. The molecule has 0 aromatic heterocycles. The van der Waals surface area contributed by atoms with Crippen molar-refractivity contribution in [2.24, 2.45) is 11.1 Å². The molecule has 0 amide bonds. The minimum atomic E-state index is -0.282. The van der Waals surface area contributed by atoms with Crippen molar-refractivity contribution in [2.45, 2.75) is 26.8 Å². The van der Waals surface area contributed by atoms with Gasteiger partial charge >= 0.3 is 0 Å². The van der Waals surface area contributed by atoms with Crippen LogP contribution in [-0.4, -0.2) is 0 Å². The summed E-state index contributed by atoms with van der Waals surface area (Å²) in [6.07, 6.45) is 0. The summed E-state index contributed by atoms with van der Waals surface area (Å²) in [4.78, 5) is 0. The van der Waals surface area contributed by atoms with E-state index in [4.69, 9.17) is 5.73 Å². The molecule has 3 heteroatoms. The molecule has 0 saturated heterocycles. The summed E-state index contributed by atoms with van der Waals surface area (Å²) < 4.78 is 14.3. The van der Waals surface area contributed by atoms with E-state index in [0.29, 0.717) is 5.56 Å². The van der Waals surface area contributed by atoms with Crippen molar-refractivity contribution >= 4 is 15.9 Å². The Balaban J connectivity index is 3.08. The average molecular weight is 260 g/mol. The second-order valence-electron chi connectivity index (χ2n) is 4.51. The summed E-state index contributed by atoms with van der Waals surface area (Å²) in [5, 5.41) is 0. The van der Waals surface area contributed by atoms with Crippen LogP contribution in [0.4, 0.5) is 4.39 Å². The number of hydrogen-bond acceptors (Lipinski definition) is 1. The largest absolute Gasteiger partial charge is 0.323 e. The fraction of sp³-hybridized carbons (Fsp3) is 0.455. The van der Waals surface area contributed by atoms with Crippen LogP contribution >= 0.6 is 15.9 Å². The molecule has 78 valence electrons.